The van der Waals surface area contributed by atoms with E-state index in [1.165, 1.54) is 7.05 Å². The Morgan fingerprint density at radius 2 is 2.45 bits per heavy atom. The highest BCUT2D eigenvalue weighted by molar-refractivity contribution is 5.68. The van der Waals surface area contributed by atoms with Gasteiger partial charge in [-0.1, -0.05) is 5.16 Å². The zero-order valence-corrected chi connectivity index (χ0v) is 5.77. The molecular weight excluding hydrogens is 152 g/mol. The topological polar surface area (TPSA) is 85.3 Å². The maximum absolute atomic E-state index is 10.6. The summed E-state index contributed by atoms with van der Waals surface area (Å²) in [6.07, 6.45) is -0.303. The number of aromatic nitrogens is 2. The molecule has 0 radical (unpaired) electrons. The lowest BCUT2D eigenvalue weighted by Crippen LogP contribution is -2.14. The van der Waals surface area contributed by atoms with Gasteiger partial charge in [0.05, 0.1) is 0 Å². The van der Waals surface area contributed by atoms with Crippen LogP contribution in [-0.2, 0) is 18.3 Å². The molecule has 60 valence electrons. The molecular formula is C5H6N2O4. The highest BCUT2D eigenvalue weighted by atomic mass is 16.5. The van der Waals surface area contributed by atoms with Gasteiger partial charge in [0.25, 0.3) is 0 Å². The van der Waals surface area contributed by atoms with Crippen molar-refractivity contribution < 1.29 is 14.4 Å². The Kier molecular flexibility index (Phi) is 1.75. The molecule has 0 fully saturated rings. The Morgan fingerprint density at radius 3 is 2.82 bits per heavy atom. The van der Waals surface area contributed by atoms with E-state index in [2.05, 4.69) is 9.68 Å². The molecule has 0 atom stereocenters. The summed E-state index contributed by atoms with van der Waals surface area (Å²) in [6.45, 7) is 0. The molecule has 1 heterocycles. The average molecular weight is 158 g/mol. The minimum Gasteiger partial charge on any atom is -0.481 e. The molecule has 0 unspecified atom stereocenters. The molecule has 0 spiro atoms. The average Bonchev–Trinajstić information content (AvgIpc) is 2.18. The summed E-state index contributed by atoms with van der Waals surface area (Å²) in [4.78, 5) is 20.7. The third-order valence-corrected chi connectivity index (χ3v) is 1.20. The summed E-state index contributed by atoms with van der Waals surface area (Å²) < 4.78 is 5.24. The van der Waals surface area contributed by atoms with Crippen molar-refractivity contribution in [1.29, 1.82) is 0 Å². The normalized spacial score (nSPS) is 9.91. The van der Waals surface area contributed by atoms with E-state index in [0.29, 0.717) is 0 Å². The number of aliphatic carboxylic acids is 1. The highest BCUT2D eigenvalue weighted by Gasteiger charge is 2.09. The van der Waals surface area contributed by atoms with Gasteiger partial charge in [-0.15, -0.1) is 0 Å². The van der Waals surface area contributed by atoms with Crippen LogP contribution < -0.4 is 5.76 Å². The third kappa shape index (κ3) is 1.46. The van der Waals surface area contributed by atoms with Gasteiger partial charge in [-0.25, -0.2) is 4.79 Å². The zero-order valence-electron chi connectivity index (χ0n) is 5.77. The molecule has 6 heteroatoms. The molecule has 6 nitrogen and oxygen atoms in total. The van der Waals surface area contributed by atoms with Gasteiger partial charge in [0.1, 0.15) is 6.42 Å². The van der Waals surface area contributed by atoms with Crippen LogP contribution in [0.2, 0.25) is 0 Å². The second-order valence-corrected chi connectivity index (χ2v) is 1.99. The first-order valence-electron chi connectivity index (χ1n) is 2.84. The van der Waals surface area contributed by atoms with Crippen molar-refractivity contribution in [2.45, 2.75) is 6.42 Å². The quantitative estimate of drug-likeness (QED) is 0.596. The van der Waals surface area contributed by atoms with Gasteiger partial charge < -0.3 is 5.11 Å². The first-order valence-corrected chi connectivity index (χ1v) is 2.84. The van der Waals surface area contributed by atoms with Crippen molar-refractivity contribution in [3.05, 3.63) is 16.4 Å². The van der Waals surface area contributed by atoms with E-state index < -0.39 is 11.7 Å². The van der Waals surface area contributed by atoms with Crippen LogP contribution in [0.5, 0.6) is 0 Å². The SMILES string of the molecule is Cn1c(CC(=O)O)noc1=O. The van der Waals surface area contributed by atoms with E-state index in [-0.39, 0.29) is 12.2 Å². The predicted octanol–water partition coefficient (Wildman–Crippen LogP) is -1.000. The number of hydrogen-bond acceptors (Lipinski definition) is 4. The summed E-state index contributed by atoms with van der Waals surface area (Å²) in [5, 5.41) is 11.6. The molecule has 0 bridgehead atoms. The van der Waals surface area contributed by atoms with E-state index in [1.54, 1.807) is 0 Å². The Bertz CT molecular complexity index is 323. The lowest BCUT2D eigenvalue weighted by molar-refractivity contribution is -0.136. The summed E-state index contributed by atoms with van der Waals surface area (Å²) >= 11 is 0. The van der Waals surface area contributed by atoms with Gasteiger partial charge in [0.2, 0.25) is 0 Å². The molecule has 0 aliphatic heterocycles. The van der Waals surface area contributed by atoms with Crippen LogP contribution in [0.25, 0.3) is 0 Å². The lowest BCUT2D eigenvalue weighted by Gasteiger charge is -1.90. The monoisotopic (exact) mass is 158 g/mol. The van der Waals surface area contributed by atoms with Gasteiger partial charge in [0, 0.05) is 7.05 Å². The minimum absolute atomic E-state index is 0.113. The second-order valence-electron chi connectivity index (χ2n) is 1.99. The van der Waals surface area contributed by atoms with Gasteiger partial charge in [0.15, 0.2) is 5.82 Å². The van der Waals surface area contributed by atoms with Crippen molar-refractivity contribution in [1.82, 2.24) is 9.72 Å². The lowest BCUT2D eigenvalue weighted by atomic mass is 10.4. The zero-order chi connectivity index (χ0) is 8.43. The number of rotatable bonds is 2. The fourth-order valence-electron chi connectivity index (χ4n) is 0.606. The van der Waals surface area contributed by atoms with Crippen molar-refractivity contribution in [3.8, 4) is 0 Å². The minimum atomic E-state index is -1.05. The number of hydrogen-bond donors (Lipinski definition) is 1. The second kappa shape index (κ2) is 2.57. The van der Waals surface area contributed by atoms with Crippen LogP contribution in [-0.4, -0.2) is 20.8 Å². The smallest absolute Gasteiger partial charge is 0.441 e. The fourth-order valence-corrected chi connectivity index (χ4v) is 0.606. The van der Waals surface area contributed by atoms with Crippen LogP contribution in [0, 0.1) is 0 Å². The first-order chi connectivity index (χ1) is 5.11. The van der Waals surface area contributed by atoms with Crippen molar-refractivity contribution in [3.63, 3.8) is 0 Å². The standard InChI is InChI=1S/C5H6N2O4/c1-7-3(2-4(8)9)6-11-5(7)10/h2H2,1H3,(H,8,9). The van der Waals surface area contributed by atoms with E-state index >= 15 is 0 Å². The van der Waals surface area contributed by atoms with Crippen LogP contribution in [0.4, 0.5) is 0 Å². The van der Waals surface area contributed by atoms with Gasteiger partial charge in [-0.05, 0) is 0 Å². The van der Waals surface area contributed by atoms with Crippen molar-refractivity contribution in [2.75, 3.05) is 0 Å². The summed E-state index contributed by atoms with van der Waals surface area (Å²) in [6, 6.07) is 0. The summed E-state index contributed by atoms with van der Waals surface area (Å²) in [5.41, 5.74) is 0. The van der Waals surface area contributed by atoms with Crippen LogP contribution in [0.15, 0.2) is 9.32 Å². The highest BCUT2D eigenvalue weighted by Crippen LogP contribution is 1.89. The molecule has 1 rings (SSSR count). The molecule has 0 saturated carbocycles. The van der Waals surface area contributed by atoms with E-state index in [9.17, 15) is 9.59 Å². The molecule has 11 heavy (non-hydrogen) atoms. The fraction of sp³-hybridized carbons (Fsp3) is 0.400. The summed E-state index contributed by atoms with van der Waals surface area (Å²) in [7, 11) is 1.40. The maximum Gasteiger partial charge on any atom is 0.441 e. The van der Waals surface area contributed by atoms with Gasteiger partial charge in [-0.2, -0.15) is 0 Å². The number of nitrogens with zero attached hydrogens (tertiary/aromatic N) is 2. The molecule has 0 aromatic carbocycles. The third-order valence-electron chi connectivity index (χ3n) is 1.20. The Hall–Kier alpha value is -1.59. The number of carbonyl (C=O) groups is 1. The molecule has 0 aliphatic carbocycles. The molecule has 0 aliphatic rings. The Labute approximate surface area is 61.0 Å². The van der Waals surface area contributed by atoms with Gasteiger partial charge in [-0.3, -0.25) is 13.9 Å². The van der Waals surface area contributed by atoms with Crippen LogP contribution >= 0.6 is 0 Å². The molecule has 0 saturated heterocycles. The maximum atomic E-state index is 10.6. The number of carboxylic acids is 1. The molecule has 0 amide bonds. The molecule has 1 aromatic heterocycles. The Morgan fingerprint density at radius 1 is 1.82 bits per heavy atom. The van der Waals surface area contributed by atoms with Gasteiger partial charge >= 0.3 is 11.7 Å². The molecule has 1 aromatic rings. The number of carboxylic acid groups (broad SMARTS) is 1. The summed E-state index contributed by atoms with van der Waals surface area (Å²) in [5.74, 6) is -1.59. The molecule has 1 N–H and O–H groups in total. The van der Waals surface area contributed by atoms with E-state index in [0.717, 1.165) is 4.57 Å². The Balaban J connectivity index is 2.96. The largest absolute Gasteiger partial charge is 0.481 e. The van der Waals surface area contributed by atoms with Crippen molar-refractivity contribution >= 4 is 5.97 Å². The van der Waals surface area contributed by atoms with Crippen molar-refractivity contribution in [2.24, 2.45) is 7.05 Å². The predicted molar refractivity (Wildman–Crippen MR) is 33.1 cm³/mol. The van der Waals surface area contributed by atoms with Crippen LogP contribution in [0.1, 0.15) is 5.82 Å². The van der Waals surface area contributed by atoms with E-state index in [4.69, 9.17) is 5.11 Å². The van der Waals surface area contributed by atoms with E-state index in [1.807, 2.05) is 0 Å². The first kappa shape index (κ1) is 7.52. The van der Waals surface area contributed by atoms with Crippen LogP contribution in [0.3, 0.4) is 0 Å².